The van der Waals surface area contributed by atoms with Gasteiger partial charge in [0.05, 0.1) is 18.6 Å². The predicted molar refractivity (Wildman–Crippen MR) is 100 cm³/mol. The van der Waals surface area contributed by atoms with E-state index in [9.17, 15) is 14.4 Å². The first-order valence-corrected chi connectivity index (χ1v) is 8.41. The molecule has 2 aromatic carbocycles. The first kappa shape index (κ1) is 19.2. The van der Waals surface area contributed by atoms with Crippen LogP contribution in [0.3, 0.4) is 0 Å². The average Bonchev–Trinajstić information content (AvgIpc) is 2.61. The Morgan fingerprint density at radius 1 is 0.962 bits per heavy atom. The molecule has 0 fully saturated rings. The molecule has 0 saturated heterocycles. The molecule has 0 atom stereocenters. The summed E-state index contributed by atoms with van der Waals surface area (Å²) >= 11 is 0. The van der Waals surface area contributed by atoms with Gasteiger partial charge in [-0.2, -0.15) is 0 Å². The summed E-state index contributed by atoms with van der Waals surface area (Å²) < 4.78 is 5.09. The molecule has 0 aliphatic rings. The summed E-state index contributed by atoms with van der Waals surface area (Å²) in [6, 6.07) is 13.7. The van der Waals surface area contributed by atoms with E-state index in [2.05, 4.69) is 10.6 Å². The Morgan fingerprint density at radius 2 is 1.69 bits per heavy atom. The van der Waals surface area contributed by atoms with Crippen molar-refractivity contribution >= 4 is 29.2 Å². The number of rotatable bonds is 7. The third kappa shape index (κ3) is 6.05. The van der Waals surface area contributed by atoms with E-state index >= 15 is 0 Å². The lowest BCUT2D eigenvalue weighted by atomic mass is 10.1. The van der Waals surface area contributed by atoms with Crippen molar-refractivity contribution in [1.29, 1.82) is 0 Å². The lowest BCUT2D eigenvalue weighted by Gasteiger charge is -2.08. The van der Waals surface area contributed by atoms with Crippen molar-refractivity contribution in [2.24, 2.45) is 0 Å². The van der Waals surface area contributed by atoms with Gasteiger partial charge in [-0.3, -0.25) is 9.59 Å². The number of nitrogens with one attached hydrogen (secondary N) is 2. The molecule has 0 aliphatic heterocycles. The van der Waals surface area contributed by atoms with Crippen molar-refractivity contribution in [3.63, 3.8) is 0 Å². The zero-order chi connectivity index (χ0) is 18.9. The van der Waals surface area contributed by atoms with Gasteiger partial charge in [-0.15, -0.1) is 0 Å². The van der Waals surface area contributed by atoms with Gasteiger partial charge in [-0.25, -0.2) is 4.79 Å². The van der Waals surface area contributed by atoms with Crippen LogP contribution in [0, 0.1) is 0 Å². The molecule has 2 aromatic rings. The predicted octanol–water partition coefficient (Wildman–Crippen LogP) is 3.39. The number of carbonyl (C=O) groups excluding carboxylic acids is 3. The zero-order valence-electron chi connectivity index (χ0n) is 14.9. The van der Waals surface area contributed by atoms with Crippen LogP contribution in [0.15, 0.2) is 48.5 Å². The molecule has 0 spiro atoms. The molecule has 0 aliphatic carbocycles. The number of benzene rings is 2. The minimum absolute atomic E-state index is 0.146. The van der Waals surface area contributed by atoms with Gasteiger partial charge in [0.2, 0.25) is 11.8 Å². The van der Waals surface area contributed by atoms with Crippen LogP contribution in [0.1, 0.15) is 36.2 Å². The van der Waals surface area contributed by atoms with Gasteiger partial charge < -0.3 is 15.4 Å². The first-order valence-electron chi connectivity index (χ1n) is 8.41. The highest BCUT2D eigenvalue weighted by Gasteiger charge is 2.09. The summed E-state index contributed by atoms with van der Waals surface area (Å²) in [4.78, 5) is 35.1. The Labute approximate surface area is 152 Å². The summed E-state index contributed by atoms with van der Waals surface area (Å²) in [6.45, 7) is 3.73. The van der Waals surface area contributed by atoms with Gasteiger partial charge in [0.1, 0.15) is 0 Å². The number of ether oxygens (including phenoxy) is 1. The maximum absolute atomic E-state index is 12.2. The molecule has 2 N–H and O–H groups in total. The Hall–Kier alpha value is -3.15. The van der Waals surface area contributed by atoms with Crippen LogP contribution in [0.5, 0.6) is 0 Å². The summed E-state index contributed by atoms with van der Waals surface area (Å²) in [5, 5.41) is 5.45. The maximum Gasteiger partial charge on any atom is 0.338 e. The molecule has 0 bridgehead atoms. The SMILES string of the molecule is CCCOC(=O)c1cccc(NC(=O)Cc2ccc(NC(C)=O)cc2)c1. The molecule has 2 rings (SSSR count). The van der Waals surface area contributed by atoms with E-state index in [0.717, 1.165) is 12.0 Å². The van der Waals surface area contributed by atoms with E-state index in [1.165, 1.54) is 6.92 Å². The third-order valence-electron chi connectivity index (χ3n) is 3.46. The second kappa shape index (κ2) is 9.36. The average molecular weight is 354 g/mol. The van der Waals surface area contributed by atoms with Crippen LogP contribution in [-0.2, 0) is 20.7 Å². The van der Waals surface area contributed by atoms with Crippen molar-refractivity contribution in [3.05, 3.63) is 59.7 Å². The highest BCUT2D eigenvalue weighted by Crippen LogP contribution is 2.14. The van der Waals surface area contributed by atoms with E-state index < -0.39 is 5.97 Å². The van der Waals surface area contributed by atoms with Gasteiger partial charge in [-0.1, -0.05) is 25.1 Å². The topological polar surface area (TPSA) is 84.5 Å². The van der Waals surface area contributed by atoms with Crippen molar-refractivity contribution in [2.75, 3.05) is 17.2 Å². The van der Waals surface area contributed by atoms with E-state index in [4.69, 9.17) is 4.74 Å². The van der Waals surface area contributed by atoms with Crippen molar-refractivity contribution in [2.45, 2.75) is 26.7 Å². The first-order chi connectivity index (χ1) is 12.5. The Kier molecular flexibility index (Phi) is 6.91. The standard InChI is InChI=1S/C20H22N2O4/c1-3-11-26-20(25)16-5-4-6-18(13-16)22-19(24)12-15-7-9-17(10-8-15)21-14(2)23/h4-10,13H,3,11-12H2,1-2H3,(H,21,23)(H,22,24). The molecule has 6 heteroatoms. The summed E-state index contributed by atoms with van der Waals surface area (Å²) in [6.07, 6.45) is 0.938. The van der Waals surface area contributed by atoms with E-state index in [0.29, 0.717) is 23.5 Å². The van der Waals surface area contributed by atoms with Gasteiger partial charge in [-0.05, 0) is 42.3 Å². The molecule has 2 amide bonds. The maximum atomic E-state index is 12.2. The molecule has 136 valence electrons. The fourth-order valence-electron chi connectivity index (χ4n) is 2.30. The number of anilines is 2. The van der Waals surface area contributed by atoms with Crippen LogP contribution >= 0.6 is 0 Å². The molecule has 0 unspecified atom stereocenters. The van der Waals surface area contributed by atoms with Crippen LogP contribution in [0.25, 0.3) is 0 Å². The number of carbonyl (C=O) groups is 3. The van der Waals surface area contributed by atoms with Crippen LogP contribution < -0.4 is 10.6 Å². The van der Waals surface area contributed by atoms with Crippen LogP contribution in [0.2, 0.25) is 0 Å². The van der Waals surface area contributed by atoms with E-state index in [-0.39, 0.29) is 18.2 Å². The van der Waals surface area contributed by atoms with Crippen molar-refractivity contribution in [3.8, 4) is 0 Å². The lowest BCUT2D eigenvalue weighted by molar-refractivity contribution is -0.116. The minimum atomic E-state index is -0.406. The van der Waals surface area contributed by atoms with Crippen molar-refractivity contribution < 1.29 is 19.1 Å². The van der Waals surface area contributed by atoms with Crippen LogP contribution in [0.4, 0.5) is 11.4 Å². The minimum Gasteiger partial charge on any atom is -0.462 e. The normalized spacial score (nSPS) is 10.1. The third-order valence-corrected chi connectivity index (χ3v) is 3.46. The molecule has 0 radical (unpaired) electrons. The number of hydrogen-bond acceptors (Lipinski definition) is 4. The largest absolute Gasteiger partial charge is 0.462 e. The zero-order valence-corrected chi connectivity index (χ0v) is 14.9. The molecule has 0 aromatic heterocycles. The second-order valence-corrected chi connectivity index (χ2v) is 5.82. The number of hydrogen-bond donors (Lipinski definition) is 2. The Morgan fingerprint density at radius 3 is 2.35 bits per heavy atom. The van der Waals surface area contributed by atoms with Gasteiger partial charge >= 0.3 is 5.97 Å². The molecule has 0 heterocycles. The number of amides is 2. The van der Waals surface area contributed by atoms with E-state index in [1.54, 1.807) is 48.5 Å². The smallest absolute Gasteiger partial charge is 0.338 e. The molecule has 26 heavy (non-hydrogen) atoms. The van der Waals surface area contributed by atoms with Crippen LogP contribution in [-0.4, -0.2) is 24.4 Å². The summed E-state index contributed by atoms with van der Waals surface area (Å²) in [5.74, 6) is -0.749. The molecule has 0 saturated carbocycles. The van der Waals surface area contributed by atoms with Gasteiger partial charge in [0.15, 0.2) is 0 Å². The molecular formula is C20H22N2O4. The quantitative estimate of drug-likeness (QED) is 0.747. The fraction of sp³-hybridized carbons (Fsp3) is 0.250. The summed E-state index contributed by atoms with van der Waals surface area (Å²) in [7, 11) is 0. The van der Waals surface area contributed by atoms with E-state index in [1.807, 2.05) is 6.92 Å². The second-order valence-electron chi connectivity index (χ2n) is 5.82. The molecular weight excluding hydrogens is 332 g/mol. The number of esters is 1. The highest BCUT2D eigenvalue weighted by molar-refractivity contribution is 5.95. The lowest BCUT2D eigenvalue weighted by Crippen LogP contribution is -2.15. The molecule has 6 nitrogen and oxygen atoms in total. The Balaban J connectivity index is 1.95. The van der Waals surface area contributed by atoms with Gasteiger partial charge in [0, 0.05) is 18.3 Å². The highest BCUT2D eigenvalue weighted by atomic mass is 16.5. The van der Waals surface area contributed by atoms with Gasteiger partial charge in [0.25, 0.3) is 0 Å². The monoisotopic (exact) mass is 354 g/mol. The summed E-state index contributed by atoms with van der Waals surface area (Å²) in [5.41, 5.74) is 2.43. The van der Waals surface area contributed by atoms with Crippen molar-refractivity contribution in [1.82, 2.24) is 0 Å². The fourth-order valence-corrected chi connectivity index (χ4v) is 2.30. The Bertz CT molecular complexity index is 785.